The van der Waals surface area contributed by atoms with Crippen molar-refractivity contribution in [1.82, 2.24) is 4.90 Å². The lowest BCUT2D eigenvalue weighted by atomic mass is 10.2. The first kappa shape index (κ1) is 5.67. The quantitative estimate of drug-likeness (QED) is 0.523. The zero-order valence-corrected chi connectivity index (χ0v) is 5.48. The van der Waals surface area contributed by atoms with Gasteiger partial charge in [-0.1, -0.05) is 13.5 Å². The molecule has 0 aromatic heterocycles. The molecule has 0 aromatic carbocycles. The van der Waals surface area contributed by atoms with Crippen molar-refractivity contribution in [2.24, 2.45) is 0 Å². The highest BCUT2D eigenvalue weighted by Crippen LogP contribution is 2.14. The van der Waals surface area contributed by atoms with Crippen LogP contribution in [0.3, 0.4) is 0 Å². The molecule has 0 atom stereocenters. The van der Waals surface area contributed by atoms with Gasteiger partial charge in [0.15, 0.2) is 0 Å². The second-order valence-electron chi connectivity index (χ2n) is 2.26. The molecule has 0 amide bonds. The molecule has 0 aromatic rings. The van der Waals surface area contributed by atoms with Crippen molar-refractivity contribution in [2.75, 3.05) is 13.1 Å². The highest BCUT2D eigenvalue weighted by Gasteiger charge is 2.12. The third kappa shape index (κ3) is 0.857. The molecule has 1 heterocycles. The Bertz CT molecular complexity index is 92.6. The molecule has 1 saturated heterocycles. The average molecular weight is 111 g/mol. The van der Waals surface area contributed by atoms with Gasteiger partial charge in [0, 0.05) is 18.8 Å². The van der Waals surface area contributed by atoms with Crippen molar-refractivity contribution in [3.05, 3.63) is 12.3 Å². The fraction of sp³-hybridized carbons (Fsp3) is 0.714. The molecule has 1 aliphatic rings. The Morgan fingerprint density at radius 3 is 2.38 bits per heavy atom. The van der Waals surface area contributed by atoms with E-state index in [1.807, 2.05) is 0 Å². The summed E-state index contributed by atoms with van der Waals surface area (Å²) in [5, 5.41) is 0. The molecule has 0 unspecified atom stereocenters. The maximum Gasteiger partial charge on any atom is 0.0191 e. The van der Waals surface area contributed by atoms with Crippen LogP contribution in [-0.2, 0) is 0 Å². The van der Waals surface area contributed by atoms with Crippen LogP contribution in [0.5, 0.6) is 0 Å². The summed E-state index contributed by atoms with van der Waals surface area (Å²) < 4.78 is 0. The molecule has 1 aliphatic heterocycles. The second kappa shape index (κ2) is 2.21. The second-order valence-corrected chi connectivity index (χ2v) is 2.26. The molecule has 0 N–H and O–H groups in total. The van der Waals surface area contributed by atoms with Crippen LogP contribution in [0.2, 0.25) is 0 Å². The summed E-state index contributed by atoms with van der Waals surface area (Å²) in [5.74, 6) is 0. The molecule has 0 saturated carbocycles. The summed E-state index contributed by atoms with van der Waals surface area (Å²) in [6, 6.07) is 0. The van der Waals surface area contributed by atoms with Crippen LogP contribution in [0.1, 0.15) is 19.8 Å². The monoisotopic (exact) mass is 111 g/mol. The molecular weight excluding hydrogens is 98.1 g/mol. The zero-order chi connectivity index (χ0) is 5.98. The first-order chi connectivity index (χ1) is 3.84. The largest absolute Gasteiger partial charge is 0.375 e. The lowest BCUT2D eigenvalue weighted by molar-refractivity contribution is 0.233. The molecule has 0 spiro atoms. The Morgan fingerprint density at radius 2 is 2.25 bits per heavy atom. The van der Waals surface area contributed by atoms with Crippen molar-refractivity contribution in [1.29, 1.82) is 0 Å². The van der Waals surface area contributed by atoms with E-state index in [4.69, 9.17) is 0 Å². The molecule has 1 rings (SSSR count). The number of rotatable bonds is 2. The maximum atomic E-state index is 3.92. The predicted molar refractivity (Wildman–Crippen MR) is 35.6 cm³/mol. The normalized spacial score (nSPS) is 17.9. The SMILES string of the molecule is C=C(CC)N1CCC1. The van der Waals surface area contributed by atoms with E-state index < -0.39 is 0 Å². The summed E-state index contributed by atoms with van der Waals surface area (Å²) in [4.78, 5) is 2.33. The minimum atomic E-state index is 1.11. The van der Waals surface area contributed by atoms with Crippen LogP contribution in [0.15, 0.2) is 12.3 Å². The van der Waals surface area contributed by atoms with Gasteiger partial charge in [0.25, 0.3) is 0 Å². The van der Waals surface area contributed by atoms with Gasteiger partial charge in [0.2, 0.25) is 0 Å². The Balaban J connectivity index is 2.24. The lowest BCUT2D eigenvalue weighted by Crippen LogP contribution is -2.35. The molecule has 1 heteroatoms. The zero-order valence-electron chi connectivity index (χ0n) is 5.48. The summed E-state index contributed by atoms with van der Waals surface area (Å²) in [6.45, 7) is 8.56. The van der Waals surface area contributed by atoms with Crippen LogP contribution < -0.4 is 0 Å². The van der Waals surface area contributed by atoms with Crippen LogP contribution in [-0.4, -0.2) is 18.0 Å². The number of nitrogens with zero attached hydrogens (tertiary/aromatic N) is 1. The van der Waals surface area contributed by atoms with E-state index in [2.05, 4.69) is 18.4 Å². The first-order valence-electron chi connectivity index (χ1n) is 3.27. The smallest absolute Gasteiger partial charge is 0.0191 e. The van der Waals surface area contributed by atoms with Gasteiger partial charge >= 0.3 is 0 Å². The van der Waals surface area contributed by atoms with E-state index in [1.54, 1.807) is 0 Å². The van der Waals surface area contributed by atoms with Crippen LogP contribution >= 0.6 is 0 Å². The van der Waals surface area contributed by atoms with Crippen molar-refractivity contribution >= 4 is 0 Å². The van der Waals surface area contributed by atoms with E-state index in [0.717, 1.165) is 6.42 Å². The number of allylic oxidation sites excluding steroid dienone is 1. The van der Waals surface area contributed by atoms with Crippen molar-refractivity contribution in [2.45, 2.75) is 19.8 Å². The Morgan fingerprint density at radius 1 is 1.62 bits per heavy atom. The lowest BCUT2D eigenvalue weighted by Gasteiger charge is -2.34. The van der Waals surface area contributed by atoms with Gasteiger partial charge < -0.3 is 4.90 Å². The fourth-order valence-corrected chi connectivity index (χ4v) is 0.856. The molecule has 0 aliphatic carbocycles. The van der Waals surface area contributed by atoms with E-state index in [1.165, 1.54) is 25.2 Å². The summed E-state index contributed by atoms with van der Waals surface area (Å²) >= 11 is 0. The van der Waals surface area contributed by atoms with Crippen LogP contribution in [0.4, 0.5) is 0 Å². The number of hydrogen-bond acceptors (Lipinski definition) is 1. The Labute approximate surface area is 51.0 Å². The molecule has 1 fully saturated rings. The minimum absolute atomic E-state index is 1.11. The Kier molecular flexibility index (Phi) is 1.56. The third-order valence-corrected chi connectivity index (χ3v) is 1.71. The predicted octanol–water partition coefficient (Wildman–Crippen LogP) is 1.62. The average Bonchev–Trinajstić information content (AvgIpc) is 1.62. The van der Waals surface area contributed by atoms with E-state index in [9.17, 15) is 0 Å². The molecule has 1 nitrogen and oxygen atoms in total. The Hall–Kier alpha value is -0.460. The van der Waals surface area contributed by atoms with Gasteiger partial charge in [-0.3, -0.25) is 0 Å². The maximum absolute atomic E-state index is 3.92. The molecule has 46 valence electrons. The molecule has 0 radical (unpaired) electrons. The molecular formula is C7H13N. The summed E-state index contributed by atoms with van der Waals surface area (Å²) in [5.41, 5.74) is 1.30. The fourth-order valence-electron chi connectivity index (χ4n) is 0.856. The summed E-state index contributed by atoms with van der Waals surface area (Å²) in [7, 11) is 0. The summed E-state index contributed by atoms with van der Waals surface area (Å²) in [6.07, 6.45) is 2.47. The number of hydrogen-bond donors (Lipinski definition) is 0. The highest BCUT2D eigenvalue weighted by atomic mass is 15.2. The van der Waals surface area contributed by atoms with Crippen molar-refractivity contribution in [3.8, 4) is 0 Å². The molecule has 8 heavy (non-hydrogen) atoms. The topological polar surface area (TPSA) is 3.24 Å². The number of likely N-dealkylation sites (tertiary alicyclic amines) is 1. The third-order valence-electron chi connectivity index (χ3n) is 1.71. The van der Waals surface area contributed by atoms with Crippen molar-refractivity contribution in [3.63, 3.8) is 0 Å². The van der Waals surface area contributed by atoms with Gasteiger partial charge in [-0.05, 0) is 12.8 Å². The standard InChI is InChI=1S/C7H13N/c1-3-7(2)8-5-4-6-8/h2-6H2,1H3. The van der Waals surface area contributed by atoms with Crippen molar-refractivity contribution < 1.29 is 0 Å². The van der Waals surface area contributed by atoms with Gasteiger partial charge in [-0.25, -0.2) is 0 Å². The van der Waals surface area contributed by atoms with E-state index in [0.29, 0.717) is 0 Å². The van der Waals surface area contributed by atoms with E-state index >= 15 is 0 Å². The van der Waals surface area contributed by atoms with Gasteiger partial charge in [0.05, 0.1) is 0 Å². The van der Waals surface area contributed by atoms with Gasteiger partial charge in [0.1, 0.15) is 0 Å². The van der Waals surface area contributed by atoms with Gasteiger partial charge in [-0.15, -0.1) is 0 Å². The minimum Gasteiger partial charge on any atom is -0.375 e. The van der Waals surface area contributed by atoms with Crippen LogP contribution in [0, 0.1) is 0 Å². The highest BCUT2D eigenvalue weighted by molar-refractivity contribution is 4.96. The molecule has 0 bridgehead atoms. The van der Waals surface area contributed by atoms with E-state index in [-0.39, 0.29) is 0 Å². The first-order valence-corrected chi connectivity index (χ1v) is 3.27. The van der Waals surface area contributed by atoms with Crippen LogP contribution in [0.25, 0.3) is 0 Å². The van der Waals surface area contributed by atoms with Gasteiger partial charge in [-0.2, -0.15) is 0 Å².